The van der Waals surface area contributed by atoms with Crippen molar-refractivity contribution in [2.75, 3.05) is 20.1 Å². The van der Waals surface area contributed by atoms with Crippen molar-refractivity contribution in [2.45, 2.75) is 6.10 Å². The van der Waals surface area contributed by atoms with Crippen molar-refractivity contribution in [3.8, 4) is 0 Å². The van der Waals surface area contributed by atoms with Gasteiger partial charge in [-0.1, -0.05) is 30.3 Å². The summed E-state index contributed by atoms with van der Waals surface area (Å²) in [6, 6.07) is 10.1. The van der Waals surface area contributed by atoms with Gasteiger partial charge in [0.1, 0.15) is 0 Å². The molecule has 3 rings (SSSR count). The van der Waals surface area contributed by atoms with Crippen molar-refractivity contribution in [3.05, 3.63) is 35.9 Å². The van der Waals surface area contributed by atoms with Crippen LogP contribution in [0.25, 0.3) is 0 Å². The number of benzene rings is 1. The molecule has 0 amide bonds. The molecule has 2 nitrogen and oxygen atoms in total. The van der Waals surface area contributed by atoms with Crippen LogP contribution in [0.15, 0.2) is 30.3 Å². The van der Waals surface area contributed by atoms with Gasteiger partial charge in [-0.25, -0.2) is 0 Å². The monoisotopic (exact) mass is 203 g/mol. The topological polar surface area (TPSA) is 23.5 Å². The van der Waals surface area contributed by atoms with E-state index in [-0.39, 0.29) is 6.10 Å². The first-order chi connectivity index (χ1) is 7.27. The number of piperidine rings is 1. The van der Waals surface area contributed by atoms with Crippen LogP contribution < -0.4 is 0 Å². The SMILES string of the molecule is CN1C[C@@H]2C(C(O)c3ccccc3)[C@@H]2C1. The molecule has 1 saturated heterocycles. The lowest BCUT2D eigenvalue weighted by molar-refractivity contribution is 0.128. The van der Waals surface area contributed by atoms with Crippen LogP contribution in [0.5, 0.6) is 0 Å². The van der Waals surface area contributed by atoms with E-state index in [2.05, 4.69) is 11.9 Å². The molecule has 80 valence electrons. The number of fused-ring (bicyclic) bond motifs is 1. The minimum absolute atomic E-state index is 0.241. The van der Waals surface area contributed by atoms with Gasteiger partial charge in [0.25, 0.3) is 0 Å². The zero-order valence-electron chi connectivity index (χ0n) is 9.00. The van der Waals surface area contributed by atoms with Crippen LogP contribution >= 0.6 is 0 Å². The van der Waals surface area contributed by atoms with Crippen molar-refractivity contribution in [3.63, 3.8) is 0 Å². The normalized spacial score (nSPS) is 36.3. The van der Waals surface area contributed by atoms with Crippen molar-refractivity contribution in [1.29, 1.82) is 0 Å². The van der Waals surface area contributed by atoms with Crippen LogP contribution in [0.1, 0.15) is 11.7 Å². The van der Waals surface area contributed by atoms with E-state index in [1.54, 1.807) is 0 Å². The van der Waals surface area contributed by atoms with E-state index < -0.39 is 0 Å². The summed E-state index contributed by atoms with van der Waals surface area (Å²) in [5.41, 5.74) is 1.08. The van der Waals surface area contributed by atoms with Gasteiger partial charge in [-0.15, -0.1) is 0 Å². The molecule has 0 spiro atoms. The fraction of sp³-hybridized carbons (Fsp3) is 0.538. The van der Waals surface area contributed by atoms with Crippen molar-refractivity contribution in [1.82, 2.24) is 4.90 Å². The van der Waals surface area contributed by atoms with Gasteiger partial charge in [-0.2, -0.15) is 0 Å². The standard InChI is InChI=1S/C13H17NO/c1-14-7-10-11(8-14)12(10)13(15)9-5-3-2-4-6-9/h2-6,10-13,15H,7-8H2,1H3/t10-,11+,12?,13?. The molecule has 1 N–H and O–H groups in total. The zero-order chi connectivity index (χ0) is 10.4. The maximum atomic E-state index is 10.2. The summed E-state index contributed by atoms with van der Waals surface area (Å²) < 4.78 is 0. The Labute approximate surface area is 90.5 Å². The lowest BCUT2D eigenvalue weighted by atomic mass is 10.0. The Morgan fingerprint density at radius 2 is 1.80 bits per heavy atom. The second-order valence-electron chi connectivity index (χ2n) is 4.98. The molecular formula is C13H17NO. The van der Waals surface area contributed by atoms with Gasteiger partial charge in [0, 0.05) is 13.1 Å². The third-order valence-electron chi connectivity index (χ3n) is 3.95. The highest BCUT2D eigenvalue weighted by atomic mass is 16.3. The number of rotatable bonds is 2. The molecule has 1 aliphatic heterocycles. The van der Waals surface area contributed by atoms with Crippen LogP contribution in [-0.4, -0.2) is 30.1 Å². The molecule has 0 aromatic heterocycles. The maximum absolute atomic E-state index is 10.2. The zero-order valence-corrected chi connectivity index (χ0v) is 9.00. The van der Waals surface area contributed by atoms with Crippen LogP contribution in [0, 0.1) is 17.8 Å². The van der Waals surface area contributed by atoms with Gasteiger partial charge in [-0.05, 0) is 30.4 Å². The summed E-state index contributed by atoms with van der Waals surface area (Å²) in [6.07, 6.45) is -0.241. The van der Waals surface area contributed by atoms with Crippen LogP contribution in [0.3, 0.4) is 0 Å². The van der Waals surface area contributed by atoms with Gasteiger partial charge in [0.05, 0.1) is 6.10 Å². The Hall–Kier alpha value is -0.860. The first-order valence-electron chi connectivity index (χ1n) is 5.69. The lowest BCUT2D eigenvalue weighted by Crippen LogP contribution is -2.21. The highest BCUT2D eigenvalue weighted by molar-refractivity contribution is 5.22. The van der Waals surface area contributed by atoms with Crippen LogP contribution in [0.2, 0.25) is 0 Å². The molecule has 15 heavy (non-hydrogen) atoms. The van der Waals surface area contributed by atoms with E-state index in [4.69, 9.17) is 0 Å². The molecule has 4 atom stereocenters. The van der Waals surface area contributed by atoms with E-state index in [1.165, 1.54) is 13.1 Å². The summed E-state index contributed by atoms with van der Waals surface area (Å²) in [7, 11) is 2.16. The lowest BCUT2D eigenvalue weighted by Gasteiger charge is -2.17. The van der Waals surface area contributed by atoms with E-state index in [0.29, 0.717) is 5.92 Å². The Bertz CT molecular complexity index is 339. The molecule has 1 saturated carbocycles. The molecular weight excluding hydrogens is 186 g/mol. The smallest absolute Gasteiger partial charge is 0.0824 e. The summed E-state index contributed by atoms with van der Waals surface area (Å²) in [6.45, 7) is 2.33. The van der Waals surface area contributed by atoms with Gasteiger partial charge in [-0.3, -0.25) is 0 Å². The molecule has 1 aliphatic carbocycles. The average molecular weight is 203 g/mol. The maximum Gasteiger partial charge on any atom is 0.0824 e. The molecule has 1 aromatic carbocycles. The van der Waals surface area contributed by atoms with E-state index in [1.807, 2.05) is 30.3 Å². The van der Waals surface area contributed by atoms with Crippen molar-refractivity contribution in [2.24, 2.45) is 17.8 Å². The van der Waals surface area contributed by atoms with E-state index in [9.17, 15) is 5.11 Å². The predicted octanol–water partition coefficient (Wildman–Crippen LogP) is 1.53. The molecule has 2 aliphatic rings. The Kier molecular flexibility index (Phi) is 2.08. The van der Waals surface area contributed by atoms with Crippen LogP contribution in [-0.2, 0) is 0 Å². The molecule has 2 unspecified atom stereocenters. The molecule has 2 fully saturated rings. The highest BCUT2D eigenvalue weighted by Crippen LogP contribution is 2.56. The fourth-order valence-corrected chi connectivity index (χ4v) is 3.12. The molecule has 0 bridgehead atoms. The number of aliphatic hydroxyl groups excluding tert-OH is 1. The molecule has 2 heteroatoms. The van der Waals surface area contributed by atoms with E-state index in [0.717, 1.165) is 17.4 Å². The highest BCUT2D eigenvalue weighted by Gasteiger charge is 2.57. The average Bonchev–Trinajstić information content (AvgIpc) is 2.77. The number of nitrogens with zero attached hydrogens (tertiary/aromatic N) is 1. The largest absolute Gasteiger partial charge is 0.388 e. The third kappa shape index (κ3) is 1.48. The Morgan fingerprint density at radius 3 is 2.40 bits per heavy atom. The summed E-state index contributed by atoms with van der Waals surface area (Å²) in [4.78, 5) is 2.36. The number of likely N-dealkylation sites (tertiary alicyclic amines) is 1. The van der Waals surface area contributed by atoms with Gasteiger partial charge in [0.2, 0.25) is 0 Å². The predicted molar refractivity (Wildman–Crippen MR) is 59.4 cm³/mol. The number of hydrogen-bond donors (Lipinski definition) is 1. The van der Waals surface area contributed by atoms with Crippen LogP contribution in [0.4, 0.5) is 0 Å². The summed E-state index contributed by atoms with van der Waals surface area (Å²) >= 11 is 0. The minimum Gasteiger partial charge on any atom is -0.388 e. The summed E-state index contributed by atoms with van der Waals surface area (Å²) in [5.74, 6) is 2.00. The molecule has 1 aromatic rings. The minimum atomic E-state index is -0.241. The first-order valence-corrected chi connectivity index (χ1v) is 5.69. The number of hydrogen-bond acceptors (Lipinski definition) is 2. The quantitative estimate of drug-likeness (QED) is 0.788. The Balaban J connectivity index is 1.71. The van der Waals surface area contributed by atoms with Gasteiger partial charge in [0.15, 0.2) is 0 Å². The second kappa shape index (κ2) is 3.32. The number of aliphatic hydroxyl groups is 1. The first kappa shape index (κ1) is 9.37. The van der Waals surface area contributed by atoms with Gasteiger partial charge < -0.3 is 10.0 Å². The molecule has 0 radical (unpaired) electrons. The Morgan fingerprint density at radius 1 is 1.20 bits per heavy atom. The van der Waals surface area contributed by atoms with Gasteiger partial charge >= 0.3 is 0 Å². The third-order valence-corrected chi connectivity index (χ3v) is 3.95. The second-order valence-corrected chi connectivity index (χ2v) is 4.98. The van der Waals surface area contributed by atoms with E-state index >= 15 is 0 Å². The van der Waals surface area contributed by atoms with Crippen molar-refractivity contribution >= 4 is 0 Å². The van der Waals surface area contributed by atoms with Crippen molar-refractivity contribution < 1.29 is 5.11 Å². The summed E-state index contributed by atoms with van der Waals surface area (Å²) in [5, 5.41) is 10.2. The molecule has 1 heterocycles. The fourth-order valence-electron chi connectivity index (χ4n) is 3.12.